The molecule has 7 heteroatoms. The molecular formula is C20H27ClN4OS. The molecule has 1 fully saturated rings. The number of hydrogen-bond acceptors (Lipinski definition) is 4. The molecule has 0 saturated heterocycles. The van der Waals surface area contributed by atoms with Crippen LogP contribution in [0.2, 0.25) is 5.02 Å². The van der Waals surface area contributed by atoms with Gasteiger partial charge < -0.3 is 9.88 Å². The van der Waals surface area contributed by atoms with Crippen LogP contribution in [-0.2, 0) is 11.3 Å². The van der Waals surface area contributed by atoms with Crippen LogP contribution >= 0.6 is 23.4 Å². The van der Waals surface area contributed by atoms with Gasteiger partial charge in [-0.25, -0.2) is 0 Å². The third-order valence-electron chi connectivity index (χ3n) is 5.06. The van der Waals surface area contributed by atoms with Crippen molar-refractivity contribution in [1.82, 2.24) is 20.1 Å². The van der Waals surface area contributed by atoms with Crippen LogP contribution in [0.15, 0.2) is 29.4 Å². The molecule has 1 heterocycles. The number of hydrogen-bond donors (Lipinski definition) is 1. The Hall–Kier alpha value is -1.53. The van der Waals surface area contributed by atoms with Gasteiger partial charge in [0, 0.05) is 23.2 Å². The first-order valence-corrected chi connectivity index (χ1v) is 11.1. The maximum absolute atomic E-state index is 12.4. The second-order valence-electron chi connectivity index (χ2n) is 7.19. The van der Waals surface area contributed by atoms with Crippen molar-refractivity contribution < 1.29 is 4.79 Å². The SMILES string of the molecule is CCCn1c(SCC(=O)N[C@@H]2CCCC[C@H]2C)nnc1-c1ccc(Cl)cc1. The lowest BCUT2D eigenvalue weighted by Gasteiger charge is -2.29. The van der Waals surface area contributed by atoms with Crippen molar-refractivity contribution in [2.24, 2.45) is 5.92 Å². The molecule has 27 heavy (non-hydrogen) atoms. The summed E-state index contributed by atoms with van der Waals surface area (Å²) in [5.41, 5.74) is 0.979. The molecule has 1 N–H and O–H groups in total. The molecule has 0 radical (unpaired) electrons. The van der Waals surface area contributed by atoms with Crippen LogP contribution in [0.25, 0.3) is 11.4 Å². The van der Waals surface area contributed by atoms with E-state index in [-0.39, 0.29) is 5.91 Å². The lowest BCUT2D eigenvalue weighted by Crippen LogP contribution is -2.41. The van der Waals surface area contributed by atoms with Gasteiger partial charge in [0.2, 0.25) is 5.91 Å². The molecule has 1 aliphatic carbocycles. The van der Waals surface area contributed by atoms with Crippen molar-refractivity contribution in [3.8, 4) is 11.4 Å². The van der Waals surface area contributed by atoms with Gasteiger partial charge in [-0.05, 0) is 49.4 Å². The molecule has 2 aromatic rings. The van der Waals surface area contributed by atoms with Crippen LogP contribution in [0, 0.1) is 5.92 Å². The van der Waals surface area contributed by atoms with E-state index in [1.807, 2.05) is 24.3 Å². The minimum Gasteiger partial charge on any atom is -0.352 e. The highest BCUT2D eigenvalue weighted by atomic mass is 35.5. The summed E-state index contributed by atoms with van der Waals surface area (Å²) in [5, 5.41) is 13.4. The van der Waals surface area contributed by atoms with Gasteiger partial charge in [0.25, 0.3) is 0 Å². The fraction of sp³-hybridized carbons (Fsp3) is 0.550. The number of carbonyl (C=O) groups is 1. The van der Waals surface area contributed by atoms with Gasteiger partial charge in [-0.1, -0.05) is 50.1 Å². The molecule has 1 amide bonds. The van der Waals surface area contributed by atoms with E-state index in [4.69, 9.17) is 11.6 Å². The summed E-state index contributed by atoms with van der Waals surface area (Å²) in [6, 6.07) is 7.92. The Morgan fingerprint density at radius 1 is 1.26 bits per heavy atom. The van der Waals surface area contributed by atoms with E-state index in [2.05, 4.69) is 33.9 Å². The molecule has 1 saturated carbocycles. The van der Waals surface area contributed by atoms with Gasteiger partial charge >= 0.3 is 0 Å². The summed E-state index contributed by atoms with van der Waals surface area (Å²) in [4.78, 5) is 12.4. The summed E-state index contributed by atoms with van der Waals surface area (Å²) in [6.07, 6.45) is 5.74. The van der Waals surface area contributed by atoms with Crippen LogP contribution in [0.1, 0.15) is 46.0 Å². The Bertz CT molecular complexity index is 762. The largest absolute Gasteiger partial charge is 0.352 e. The van der Waals surface area contributed by atoms with Gasteiger partial charge in [-0.2, -0.15) is 0 Å². The number of nitrogens with zero attached hydrogens (tertiary/aromatic N) is 3. The van der Waals surface area contributed by atoms with Crippen molar-refractivity contribution in [2.45, 2.75) is 63.7 Å². The summed E-state index contributed by atoms with van der Waals surface area (Å²) >= 11 is 7.44. The van der Waals surface area contributed by atoms with E-state index >= 15 is 0 Å². The normalized spacial score (nSPS) is 19.8. The third-order valence-corrected chi connectivity index (χ3v) is 6.28. The number of thioether (sulfide) groups is 1. The second kappa shape index (κ2) is 9.60. The van der Waals surface area contributed by atoms with Crippen molar-refractivity contribution in [3.05, 3.63) is 29.3 Å². The number of rotatable bonds is 7. The van der Waals surface area contributed by atoms with Gasteiger partial charge in [-0.3, -0.25) is 4.79 Å². The highest BCUT2D eigenvalue weighted by molar-refractivity contribution is 7.99. The number of amides is 1. The lowest BCUT2D eigenvalue weighted by molar-refractivity contribution is -0.119. The second-order valence-corrected chi connectivity index (χ2v) is 8.57. The molecule has 0 unspecified atom stereocenters. The maximum Gasteiger partial charge on any atom is 0.230 e. The van der Waals surface area contributed by atoms with Crippen molar-refractivity contribution in [2.75, 3.05) is 5.75 Å². The average Bonchev–Trinajstić information content (AvgIpc) is 3.06. The van der Waals surface area contributed by atoms with Crippen LogP contribution < -0.4 is 5.32 Å². The summed E-state index contributed by atoms with van der Waals surface area (Å²) < 4.78 is 2.09. The van der Waals surface area contributed by atoms with Gasteiger partial charge in [0.1, 0.15) is 0 Å². The first kappa shape index (κ1) is 20.2. The quantitative estimate of drug-likeness (QED) is 0.671. The minimum absolute atomic E-state index is 0.0813. The topological polar surface area (TPSA) is 59.8 Å². The van der Waals surface area contributed by atoms with Crippen LogP contribution in [0.3, 0.4) is 0 Å². The Labute approximate surface area is 170 Å². The zero-order valence-corrected chi connectivity index (χ0v) is 17.5. The lowest BCUT2D eigenvalue weighted by atomic mass is 9.86. The molecule has 0 aliphatic heterocycles. The Balaban J connectivity index is 1.65. The van der Waals surface area contributed by atoms with Gasteiger partial charge in [0.15, 0.2) is 11.0 Å². The van der Waals surface area contributed by atoms with E-state index < -0.39 is 0 Å². The van der Waals surface area contributed by atoms with E-state index in [1.54, 1.807) is 0 Å². The van der Waals surface area contributed by atoms with E-state index in [1.165, 1.54) is 31.0 Å². The monoisotopic (exact) mass is 406 g/mol. The van der Waals surface area contributed by atoms with E-state index in [0.29, 0.717) is 22.7 Å². The highest BCUT2D eigenvalue weighted by Crippen LogP contribution is 2.26. The zero-order valence-electron chi connectivity index (χ0n) is 15.9. The molecule has 146 valence electrons. The molecule has 0 spiro atoms. The molecule has 1 aromatic carbocycles. The van der Waals surface area contributed by atoms with E-state index in [0.717, 1.165) is 35.9 Å². The number of aromatic nitrogens is 3. The Morgan fingerprint density at radius 2 is 2.00 bits per heavy atom. The number of halogens is 1. The molecule has 5 nitrogen and oxygen atoms in total. The van der Waals surface area contributed by atoms with Gasteiger partial charge in [-0.15, -0.1) is 10.2 Å². The minimum atomic E-state index is 0.0813. The standard InChI is InChI=1S/C20H27ClN4OS/c1-3-12-25-19(15-8-10-16(21)11-9-15)23-24-20(25)27-13-18(26)22-17-7-5-4-6-14(17)2/h8-11,14,17H,3-7,12-13H2,1-2H3,(H,22,26)/t14-,17-/m1/s1. The predicted octanol–water partition coefficient (Wildman–Crippen LogP) is 4.80. The first-order chi connectivity index (χ1) is 13.1. The zero-order chi connectivity index (χ0) is 19.2. The molecular weight excluding hydrogens is 380 g/mol. The molecule has 1 aromatic heterocycles. The smallest absolute Gasteiger partial charge is 0.230 e. The average molecular weight is 407 g/mol. The number of nitrogens with one attached hydrogen (secondary N) is 1. The fourth-order valence-electron chi connectivity index (χ4n) is 3.54. The Morgan fingerprint density at radius 3 is 2.70 bits per heavy atom. The van der Waals surface area contributed by atoms with Crippen LogP contribution in [0.4, 0.5) is 0 Å². The van der Waals surface area contributed by atoms with Crippen molar-refractivity contribution >= 4 is 29.3 Å². The van der Waals surface area contributed by atoms with Crippen molar-refractivity contribution in [3.63, 3.8) is 0 Å². The molecule has 1 aliphatic rings. The van der Waals surface area contributed by atoms with Crippen LogP contribution in [-0.4, -0.2) is 32.5 Å². The number of carbonyl (C=O) groups excluding carboxylic acids is 1. The molecule has 2 atom stereocenters. The first-order valence-electron chi connectivity index (χ1n) is 9.69. The molecule has 0 bridgehead atoms. The molecule has 3 rings (SSSR count). The predicted molar refractivity (Wildman–Crippen MR) is 111 cm³/mol. The number of benzene rings is 1. The third kappa shape index (κ3) is 5.26. The van der Waals surface area contributed by atoms with Gasteiger partial charge in [0.05, 0.1) is 5.75 Å². The highest BCUT2D eigenvalue weighted by Gasteiger charge is 2.23. The van der Waals surface area contributed by atoms with Crippen LogP contribution in [0.5, 0.6) is 0 Å². The fourth-order valence-corrected chi connectivity index (χ4v) is 4.44. The Kier molecular flexibility index (Phi) is 7.19. The summed E-state index contributed by atoms with van der Waals surface area (Å²) in [5.74, 6) is 1.83. The van der Waals surface area contributed by atoms with E-state index in [9.17, 15) is 4.79 Å². The maximum atomic E-state index is 12.4. The summed E-state index contributed by atoms with van der Waals surface area (Å²) in [7, 11) is 0. The van der Waals surface area contributed by atoms with Crippen molar-refractivity contribution in [1.29, 1.82) is 0 Å². The summed E-state index contributed by atoms with van der Waals surface area (Å²) in [6.45, 7) is 5.17.